The number of carbonyl (C=O) groups excluding carboxylic acids is 2. The monoisotopic (exact) mass is 552 g/mol. The minimum absolute atomic E-state index is 0.0155. The zero-order valence-electron chi connectivity index (χ0n) is 25.9. The van der Waals surface area contributed by atoms with Gasteiger partial charge in [0.05, 0.1) is 25.9 Å². The number of carbonyl (C=O) groups is 2. The number of unbranched alkanes of at least 4 members (excludes halogenated alkanes) is 3. The second kappa shape index (κ2) is 16.1. The summed E-state index contributed by atoms with van der Waals surface area (Å²) in [4.78, 5) is 24.3. The van der Waals surface area contributed by atoms with E-state index in [4.69, 9.17) is 18.6 Å². The molecule has 0 saturated carbocycles. The molecule has 1 aliphatic rings. The van der Waals surface area contributed by atoms with Gasteiger partial charge < -0.3 is 18.6 Å². The van der Waals surface area contributed by atoms with Crippen LogP contribution in [0.1, 0.15) is 99.8 Å². The first-order chi connectivity index (χ1) is 17.6. The summed E-state index contributed by atoms with van der Waals surface area (Å²) in [6.07, 6.45) is 15.3. The van der Waals surface area contributed by atoms with Gasteiger partial charge in [0, 0.05) is 18.3 Å². The third kappa shape index (κ3) is 12.3. The summed E-state index contributed by atoms with van der Waals surface area (Å²) < 4.78 is 23.7. The summed E-state index contributed by atoms with van der Waals surface area (Å²) >= 11 is 0. The standard InChI is InChI=1S/C31H56O6Si/c1-11-12-15-18-25(37-38(9,10)30(3,4)5)21-22-27(28-23-35-31(6,7)36-28)26(24(2)32)19-16-13-14-17-20-29(33)34-8/h13,16,21-22,25-28H,11-12,14-15,17-20,23H2,1-10H3/b16-13-,22-21+/t25-,26-,27+,28-/m0/s1. The molecule has 0 aromatic rings. The highest BCUT2D eigenvalue weighted by atomic mass is 28.4. The maximum absolute atomic E-state index is 12.9. The van der Waals surface area contributed by atoms with Gasteiger partial charge in [0.25, 0.3) is 0 Å². The van der Waals surface area contributed by atoms with Crippen LogP contribution in [-0.2, 0) is 28.2 Å². The largest absolute Gasteiger partial charge is 0.469 e. The minimum Gasteiger partial charge on any atom is -0.469 e. The van der Waals surface area contributed by atoms with Crippen molar-refractivity contribution in [2.75, 3.05) is 13.7 Å². The highest BCUT2D eigenvalue weighted by Crippen LogP contribution is 2.38. The molecule has 1 fully saturated rings. The highest BCUT2D eigenvalue weighted by molar-refractivity contribution is 6.74. The zero-order valence-corrected chi connectivity index (χ0v) is 26.9. The van der Waals surface area contributed by atoms with Crippen LogP contribution in [0, 0.1) is 11.8 Å². The van der Waals surface area contributed by atoms with Crippen molar-refractivity contribution in [3.8, 4) is 0 Å². The lowest BCUT2D eigenvalue weighted by Crippen LogP contribution is -2.43. The molecule has 0 spiro atoms. The van der Waals surface area contributed by atoms with Crippen molar-refractivity contribution in [3.05, 3.63) is 24.3 Å². The maximum Gasteiger partial charge on any atom is 0.305 e. The Morgan fingerprint density at radius 2 is 1.79 bits per heavy atom. The van der Waals surface area contributed by atoms with E-state index >= 15 is 0 Å². The predicted molar refractivity (Wildman–Crippen MR) is 158 cm³/mol. The van der Waals surface area contributed by atoms with Crippen LogP contribution in [0.15, 0.2) is 24.3 Å². The van der Waals surface area contributed by atoms with Crippen molar-refractivity contribution in [2.24, 2.45) is 11.8 Å². The Balaban J connectivity index is 3.14. The van der Waals surface area contributed by atoms with E-state index in [1.807, 2.05) is 13.8 Å². The number of allylic oxidation sites excluding steroid dienone is 2. The number of ether oxygens (including phenoxy) is 3. The molecule has 0 bridgehead atoms. The lowest BCUT2D eigenvalue weighted by atomic mass is 9.82. The molecule has 0 amide bonds. The number of esters is 1. The van der Waals surface area contributed by atoms with E-state index in [1.54, 1.807) is 6.92 Å². The van der Waals surface area contributed by atoms with Crippen LogP contribution in [-0.4, -0.2) is 51.8 Å². The fourth-order valence-electron chi connectivity index (χ4n) is 4.44. The molecule has 1 heterocycles. The van der Waals surface area contributed by atoms with Crippen LogP contribution in [0.5, 0.6) is 0 Å². The molecule has 220 valence electrons. The number of hydrogen-bond donors (Lipinski definition) is 0. The molecule has 0 aromatic heterocycles. The van der Waals surface area contributed by atoms with Gasteiger partial charge in [-0.1, -0.05) is 71.3 Å². The van der Waals surface area contributed by atoms with Crippen LogP contribution in [0.3, 0.4) is 0 Å². The molecule has 4 atom stereocenters. The normalized spacial score (nSPS) is 20.6. The van der Waals surface area contributed by atoms with Gasteiger partial charge in [0.2, 0.25) is 0 Å². The van der Waals surface area contributed by atoms with Crippen LogP contribution in [0.25, 0.3) is 0 Å². The number of rotatable bonds is 17. The van der Waals surface area contributed by atoms with Gasteiger partial charge in [0.1, 0.15) is 5.78 Å². The van der Waals surface area contributed by atoms with Gasteiger partial charge >= 0.3 is 5.97 Å². The molecule has 0 radical (unpaired) electrons. The van der Waals surface area contributed by atoms with Crippen molar-refractivity contribution >= 4 is 20.1 Å². The van der Waals surface area contributed by atoms with Crippen molar-refractivity contribution < 1.29 is 28.2 Å². The van der Waals surface area contributed by atoms with Crippen molar-refractivity contribution in [1.29, 1.82) is 0 Å². The molecule has 1 saturated heterocycles. The van der Waals surface area contributed by atoms with Gasteiger partial charge in [-0.25, -0.2) is 0 Å². The van der Waals surface area contributed by atoms with E-state index in [2.05, 4.69) is 65.1 Å². The van der Waals surface area contributed by atoms with Gasteiger partial charge in [0.15, 0.2) is 14.1 Å². The van der Waals surface area contributed by atoms with Crippen LogP contribution < -0.4 is 0 Å². The zero-order chi connectivity index (χ0) is 29.0. The summed E-state index contributed by atoms with van der Waals surface area (Å²) in [7, 11) is -0.559. The quantitative estimate of drug-likeness (QED) is 0.0794. The molecule has 0 aliphatic carbocycles. The highest BCUT2D eigenvalue weighted by Gasteiger charge is 2.41. The second-order valence-electron chi connectivity index (χ2n) is 12.6. The molecule has 6 nitrogen and oxygen atoms in total. The molecule has 0 N–H and O–H groups in total. The van der Waals surface area contributed by atoms with Crippen LogP contribution in [0.2, 0.25) is 18.1 Å². The maximum atomic E-state index is 12.9. The van der Waals surface area contributed by atoms with Crippen LogP contribution in [0.4, 0.5) is 0 Å². The minimum atomic E-state index is -1.97. The molecule has 0 aromatic carbocycles. The summed E-state index contributed by atoms with van der Waals surface area (Å²) in [5, 5.41) is 0.121. The Hall–Kier alpha value is -1.28. The van der Waals surface area contributed by atoms with Gasteiger partial charge in [-0.15, -0.1) is 0 Å². The van der Waals surface area contributed by atoms with E-state index in [0.717, 1.165) is 25.7 Å². The number of hydrogen-bond acceptors (Lipinski definition) is 6. The first kappa shape index (κ1) is 34.7. The summed E-state index contributed by atoms with van der Waals surface area (Å²) in [6.45, 7) is 19.6. The first-order valence-corrected chi connectivity index (χ1v) is 17.4. The summed E-state index contributed by atoms with van der Waals surface area (Å²) in [5.41, 5.74) is 0. The molecule has 1 aliphatic heterocycles. The average molecular weight is 553 g/mol. The number of ketones is 1. The van der Waals surface area contributed by atoms with Gasteiger partial charge in [-0.2, -0.15) is 0 Å². The van der Waals surface area contributed by atoms with E-state index < -0.39 is 14.1 Å². The molecular formula is C31H56O6Si. The second-order valence-corrected chi connectivity index (χ2v) is 17.4. The summed E-state index contributed by atoms with van der Waals surface area (Å²) in [5.74, 6) is -1.07. The van der Waals surface area contributed by atoms with E-state index in [1.165, 1.54) is 20.0 Å². The third-order valence-corrected chi connectivity index (χ3v) is 12.4. The molecule has 1 rings (SSSR count). The Labute approximate surface area is 234 Å². The fourth-order valence-corrected chi connectivity index (χ4v) is 5.75. The van der Waals surface area contributed by atoms with Crippen LogP contribution >= 0.6 is 0 Å². The fraction of sp³-hybridized carbons (Fsp3) is 0.806. The lowest BCUT2D eigenvalue weighted by molar-refractivity contribution is -0.147. The van der Waals surface area contributed by atoms with Crippen molar-refractivity contribution in [1.82, 2.24) is 0 Å². The van der Waals surface area contributed by atoms with E-state index in [0.29, 0.717) is 19.4 Å². The molecule has 0 unspecified atom stereocenters. The molecule has 7 heteroatoms. The smallest absolute Gasteiger partial charge is 0.305 e. The van der Waals surface area contributed by atoms with E-state index in [9.17, 15) is 9.59 Å². The molecular weight excluding hydrogens is 496 g/mol. The molecule has 38 heavy (non-hydrogen) atoms. The Kier molecular flexibility index (Phi) is 14.7. The van der Waals surface area contributed by atoms with Crippen molar-refractivity contribution in [2.45, 2.75) is 136 Å². The summed E-state index contributed by atoms with van der Waals surface area (Å²) in [6, 6.07) is 0. The number of methoxy groups -OCH3 is 1. The Bertz CT molecular complexity index is 780. The predicted octanol–water partition coefficient (Wildman–Crippen LogP) is 7.78. The Morgan fingerprint density at radius 3 is 2.32 bits per heavy atom. The lowest BCUT2D eigenvalue weighted by Gasteiger charge is -2.39. The third-order valence-electron chi connectivity index (χ3n) is 7.87. The van der Waals surface area contributed by atoms with Gasteiger partial charge in [-0.3, -0.25) is 9.59 Å². The van der Waals surface area contributed by atoms with Crippen molar-refractivity contribution in [3.63, 3.8) is 0 Å². The SMILES string of the molecule is CCCCC[C@@H](/C=C/[C@@H]([C@@H]1COC(C)(C)O1)[C@@H](C/C=C\CCCC(=O)OC)C(C)=O)O[Si](C)(C)C(C)(C)C. The van der Waals surface area contributed by atoms with Gasteiger partial charge in [-0.05, 0) is 64.6 Å². The average Bonchev–Trinajstić information content (AvgIpc) is 3.17. The number of Topliss-reactive ketones (excluding diaryl/α,β-unsaturated/α-hetero) is 1. The Morgan fingerprint density at radius 1 is 1.11 bits per heavy atom. The topological polar surface area (TPSA) is 71.1 Å². The van der Waals surface area contributed by atoms with E-state index in [-0.39, 0.29) is 40.8 Å². The first-order valence-electron chi connectivity index (χ1n) is 14.5.